The van der Waals surface area contributed by atoms with E-state index < -0.39 is 4.92 Å². The number of non-ortho nitro benzene ring substituents is 1. The Morgan fingerprint density at radius 3 is 2.65 bits per heavy atom. The van der Waals surface area contributed by atoms with Crippen molar-refractivity contribution in [2.75, 3.05) is 18.0 Å². The molecule has 6 nitrogen and oxygen atoms in total. The van der Waals surface area contributed by atoms with Gasteiger partial charge in [-0.05, 0) is 26.8 Å². The largest absolute Gasteiger partial charge is 0.370 e. The summed E-state index contributed by atoms with van der Waals surface area (Å²) in [5.74, 6) is -0.420. The Labute approximate surface area is 117 Å². The molecule has 0 aliphatic rings. The molecule has 106 valence electrons. The predicted octanol–water partition coefficient (Wildman–Crippen LogP) is 2.78. The van der Waals surface area contributed by atoms with E-state index in [-0.39, 0.29) is 17.4 Å². The summed E-state index contributed by atoms with van der Waals surface area (Å²) < 4.78 is 0. The fraction of sp³-hybridized carbons (Fsp3) is 0.429. The highest BCUT2D eigenvalue weighted by atomic mass is 16.6. The van der Waals surface area contributed by atoms with Crippen molar-refractivity contribution in [1.29, 1.82) is 5.26 Å². The molecule has 0 radical (unpaired) electrons. The van der Waals surface area contributed by atoms with E-state index in [1.165, 1.54) is 19.1 Å². The highest BCUT2D eigenvalue weighted by Crippen LogP contribution is 2.26. The number of nitro benzene ring substituents is 1. The molecule has 6 heteroatoms. The van der Waals surface area contributed by atoms with E-state index >= 15 is 0 Å². The number of Topliss-reactive ketones (excluding diaryl/α,β-unsaturated/α-hetero) is 1. The maximum Gasteiger partial charge on any atom is 0.270 e. The normalized spacial score (nSPS) is 11.5. The van der Waals surface area contributed by atoms with Crippen LogP contribution in [0, 0.1) is 27.4 Å². The van der Waals surface area contributed by atoms with Crippen LogP contribution in [-0.4, -0.2) is 23.8 Å². The van der Waals surface area contributed by atoms with Gasteiger partial charge in [0.15, 0.2) is 5.78 Å². The van der Waals surface area contributed by atoms with Gasteiger partial charge in [-0.15, -0.1) is 0 Å². The topological polar surface area (TPSA) is 87.2 Å². The van der Waals surface area contributed by atoms with E-state index in [4.69, 9.17) is 5.26 Å². The minimum Gasteiger partial charge on any atom is -0.370 e. The van der Waals surface area contributed by atoms with Crippen molar-refractivity contribution in [2.24, 2.45) is 5.92 Å². The van der Waals surface area contributed by atoms with Gasteiger partial charge in [-0.2, -0.15) is 5.26 Å². The first kappa shape index (κ1) is 15.6. The minimum atomic E-state index is -0.523. The molecule has 0 aliphatic carbocycles. The first-order valence-corrected chi connectivity index (χ1v) is 6.34. The van der Waals surface area contributed by atoms with Crippen LogP contribution < -0.4 is 4.90 Å². The second kappa shape index (κ2) is 6.66. The summed E-state index contributed by atoms with van der Waals surface area (Å²) in [7, 11) is 0. The van der Waals surface area contributed by atoms with Gasteiger partial charge in [0.1, 0.15) is 0 Å². The standard InChI is InChI=1S/C14H17N3O3/c1-4-16(9-10(2)8-15)14-6-5-12(17(19)20)7-13(14)11(3)18/h5-7,10H,4,9H2,1-3H3. The van der Waals surface area contributed by atoms with Crippen LogP contribution in [0.3, 0.4) is 0 Å². The average molecular weight is 275 g/mol. The molecule has 1 atom stereocenters. The summed E-state index contributed by atoms with van der Waals surface area (Å²) in [5.41, 5.74) is 0.835. The average Bonchev–Trinajstić information content (AvgIpc) is 2.43. The van der Waals surface area contributed by atoms with Gasteiger partial charge in [-0.1, -0.05) is 0 Å². The van der Waals surface area contributed by atoms with E-state index in [9.17, 15) is 14.9 Å². The Morgan fingerprint density at radius 2 is 2.20 bits per heavy atom. The van der Waals surface area contributed by atoms with Crippen LogP contribution in [0.2, 0.25) is 0 Å². The van der Waals surface area contributed by atoms with Crippen LogP contribution in [0.4, 0.5) is 11.4 Å². The molecule has 0 aliphatic heterocycles. The van der Waals surface area contributed by atoms with Gasteiger partial charge in [0.05, 0.1) is 16.9 Å². The highest BCUT2D eigenvalue weighted by molar-refractivity contribution is 6.00. The van der Waals surface area contributed by atoms with Crippen LogP contribution in [0.5, 0.6) is 0 Å². The third-order valence-electron chi connectivity index (χ3n) is 3.01. The predicted molar refractivity (Wildman–Crippen MR) is 75.8 cm³/mol. The number of ketones is 1. The van der Waals surface area contributed by atoms with Gasteiger partial charge >= 0.3 is 0 Å². The molecule has 0 amide bonds. The maximum atomic E-state index is 11.7. The van der Waals surface area contributed by atoms with Gasteiger partial charge in [0.2, 0.25) is 0 Å². The monoisotopic (exact) mass is 275 g/mol. The third kappa shape index (κ3) is 3.54. The number of carbonyl (C=O) groups excluding carboxylic acids is 1. The van der Waals surface area contributed by atoms with Crippen molar-refractivity contribution < 1.29 is 9.72 Å². The zero-order valence-electron chi connectivity index (χ0n) is 11.8. The molecule has 0 bridgehead atoms. The number of nitrogens with zero attached hydrogens (tertiary/aromatic N) is 3. The molecular formula is C14H17N3O3. The molecule has 1 unspecified atom stereocenters. The first-order chi connectivity index (χ1) is 9.40. The van der Waals surface area contributed by atoms with Gasteiger partial charge < -0.3 is 4.90 Å². The van der Waals surface area contributed by atoms with Gasteiger partial charge in [-0.25, -0.2) is 0 Å². The van der Waals surface area contributed by atoms with Crippen molar-refractivity contribution >= 4 is 17.2 Å². The first-order valence-electron chi connectivity index (χ1n) is 6.34. The molecule has 0 aromatic heterocycles. The molecule has 1 aromatic carbocycles. The van der Waals surface area contributed by atoms with Crippen molar-refractivity contribution in [3.8, 4) is 6.07 Å². The van der Waals surface area contributed by atoms with Crippen molar-refractivity contribution in [3.05, 3.63) is 33.9 Å². The number of benzene rings is 1. The Kier molecular flexibility index (Phi) is 5.21. The van der Waals surface area contributed by atoms with E-state index in [1.807, 2.05) is 11.8 Å². The fourth-order valence-corrected chi connectivity index (χ4v) is 1.96. The number of anilines is 1. The summed E-state index contributed by atoms with van der Waals surface area (Å²) in [5, 5.41) is 19.7. The Bertz CT molecular complexity index is 563. The SMILES string of the molecule is CCN(CC(C)C#N)c1ccc([N+](=O)[O-])cc1C(C)=O. The van der Waals surface area contributed by atoms with E-state index in [1.54, 1.807) is 13.0 Å². The lowest BCUT2D eigenvalue weighted by Crippen LogP contribution is -2.29. The minimum absolute atomic E-state index is 0.108. The zero-order chi connectivity index (χ0) is 15.3. The molecule has 1 aromatic rings. The summed E-state index contributed by atoms with van der Waals surface area (Å²) in [6, 6.07) is 6.38. The highest BCUT2D eigenvalue weighted by Gasteiger charge is 2.18. The molecular weight excluding hydrogens is 258 g/mol. The maximum absolute atomic E-state index is 11.7. The zero-order valence-corrected chi connectivity index (χ0v) is 11.8. The molecule has 0 spiro atoms. The molecule has 0 fully saturated rings. The molecule has 0 saturated carbocycles. The lowest BCUT2D eigenvalue weighted by molar-refractivity contribution is -0.384. The molecule has 20 heavy (non-hydrogen) atoms. The van der Waals surface area contributed by atoms with Crippen LogP contribution in [-0.2, 0) is 0 Å². The van der Waals surface area contributed by atoms with Gasteiger partial charge in [0, 0.05) is 36.5 Å². The van der Waals surface area contributed by atoms with Crippen molar-refractivity contribution in [1.82, 2.24) is 0 Å². The quantitative estimate of drug-likeness (QED) is 0.452. The number of hydrogen-bond acceptors (Lipinski definition) is 5. The second-order valence-electron chi connectivity index (χ2n) is 4.58. The Morgan fingerprint density at radius 1 is 1.55 bits per heavy atom. The summed E-state index contributed by atoms with van der Waals surface area (Å²) in [6.45, 7) is 6.18. The number of nitriles is 1. The lowest BCUT2D eigenvalue weighted by atomic mass is 10.1. The van der Waals surface area contributed by atoms with E-state index in [0.717, 1.165) is 0 Å². The van der Waals surface area contributed by atoms with Crippen LogP contribution in [0.1, 0.15) is 31.1 Å². The van der Waals surface area contributed by atoms with E-state index in [0.29, 0.717) is 24.3 Å². The molecule has 0 N–H and O–H groups in total. The van der Waals surface area contributed by atoms with Crippen LogP contribution in [0.25, 0.3) is 0 Å². The van der Waals surface area contributed by atoms with Crippen LogP contribution in [0.15, 0.2) is 18.2 Å². The van der Waals surface area contributed by atoms with Crippen molar-refractivity contribution in [2.45, 2.75) is 20.8 Å². The second-order valence-corrected chi connectivity index (χ2v) is 4.58. The Balaban J connectivity index is 3.25. The molecule has 0 saturated heterocycles. The molecule has 1 rings (SSSR count). The summed E-state index contributed by atoms with van der Waals surface area (Å²) >= 11 is 0. The van der Waals surface area contributed by atoms with Crippen molar-refractivity contribution in [3.63, 3.8) is 0 Å². The van der Waals surface area contributed by atoms with E-state index in [2.05, 4.69) is 6.07 Å². The summed E-state index contributed by atoms with van der Waals surface area (Å²) in [4.78, 5) is 23.9. The van der Waals surface area contributed by atoms with Gasteiger partial charge in [-0.3, -0.25) is 14.9 Å². The summed E-state index contributed by atoms with van der Waals surface area (Å²) in [6.07, 6.45) is 0. The molecule has 0 heterocycles. The number of rotatable bonds is 6. The fourth-order valence-electron chi connectivity index (χ4n) is 1.96. The lowest BCUT2D eigenvalue weighted by Gasteiger charge is -2.26. The number of hydrogen-bond donors (Lipinski definition) is 0. The van der Waals surface area contributed by atoms with Crippen LogP contribution >= 0.6 is 0 Å². The number of carbonyl (C=O) groups is 1. The van der Waals surface area contributed by atoms with Gasteiger partial charge in [0.25, 0.3) is 5.69 Å². The smallest absolute Gasteiger partial charge is 0.270 e. The Hall–Kier alpha value is -2.42. The third-order valence-corrected chi connectivity index (χ3v) is 3.01. The number of nitro groups is 1.